The van der Waals surface area contributed by atoms with Gasteiger partial charge in [-0.25, -0.2) is 8.60 Å². The molecule has 13 heteroatoms. The van der Waals surface area contributed by atoms with Crippen LogP contribution >= 0.6 is 27.5 Å². The summed E-state index contributed by atoms with van der Waals surface area (Å²) >= 11 is 9.07. The Balaban J connectivity index is 2.59. The van der Waals surface area contributed by atoms with Crippen LogP contribution in [-0.2, 0) is 11.0 Å². The molecule has 0 aliphatic carbocycles. The number of alkyl halides is 2. The smallest absolute Gasteiger partial charge is 0.387 e. The van der Waals surface area contributed by atoms with Gasteiger partial charge in [-0.05, 0) is 39.0 Å². The maximum atomic E-state index is 14.8. The molecule has 1 N–H and O–H groups in total. The lowest BCUT2D eigenvalue weighted by molar-refractivity contribution is -0.384. The zero-order chi connectivity index (χ0) is 24.9. The van der Waals surface area contributed by atoms with E-state index in [4.69, 9.17) is 11.6 Å². The van der Waals surface area contributed by atoms with E-state index in [-0.39, 0.29) is 22.8 Å². The van der Waals surface area contributed by atoms with Gasteiger partial charge in [-0.3, -0.25) is 10.1 Å². The van der Waals surface area contributed by atoms with Gasteiger partial charge in [0.05, 0.1) is 20.7 Å². The molecule has 0 amide bonds. The summed E-state index contributed by atoms with van der Waals surface area (Å²) < 4.78 is 61.3. The number of halogens is 5. The van der Waals surface area contributed by atoms with E-state index in [1.165, 1.54) is 24.4 Å². The van der Waals surface area contributed by atoms with Crippen molar-refractivity contribution in [3.63, 3.8) is 0 Å². The minimum absolute atomic E-state index is 0.104. The zero-order valence-corrected chi connectivity index (χ0v) is 20.8. The average molecular weight is 571 g/mol. The standard InChI is InChI=1S/C20H20BrClF3N3O4S/c1-20(2,3)33(31)26-10-9-13(16-11(21)5-4-6-15(16)32-19(24)25)27-18-14(28(29)30)8-7-12(22)17(18)23/h4-8,10,13,19,27H,9H2,1-3H3/t13-,33+/m1/s1. The molecule has 0 saturated carbocycles. The molecule has 2 atom stereocenters. The van der Waals surface area contributed by atoms with Crippen molar-refractivity contribution in [2.45, 2.75) is 44.6 Å². The predicted molar refractivity (Wildman–Crippen MR) is 126 cm³/mol. The Labute approximate surface area is 204 Å². The molecule has 0 spiro atoms. The van der Waals surface area contributed by atoms with E-state index in [1.807, 2.05) is 0 Å². The normalized spacial score (nSPS) is 13.8. The Morgan fingerprint density at radius 3 is 2.58 bits per heavy atom. The molecule has 0 saturated heterocycles. The Morgan fingerprint density at radius 2 is 2.00 bits per heavy atom. The fourth-order valence-electron chi connectivity index (χ4n) is 2.68. The molecular weight excluding hydrogens is 551 g/mol. The van der Waals surface area contributed by atoms with Gasteiger partial charge in [0.2, 0.25) is 0 Å². The highest BCUT2D eigenvalue weighted by Crippen LogP contribution is 2.40. The van der Waals surface area contributed by atoms with Crippen LogP contribution in [-0.4, -0.2) is 26.7 Å². The highest BCUT2D eigenvalue weighted by molar-refractivity contribution is 9.10. The Hall–Kier alpha value is -2.18. The van der Waals surface area contributed by atoms with Gasteiger partial charge in [-0.15, -0.1) is 0 Å². The average Bonchev–Trinajstić information content (AvgIpc) is 2.69. The molecule has 2 aromatic carbocycles. The molecule has 0 bridgehead atoms. The lowest BCUT2D eigenvalue weighted by atomic mass is 10.0. The number of ether oxygens (including phenoxy) is 1. The van der Waals surface area contributed by atoms with Crippen molar-refractivity contribution in [1.29, 1.82) is 0 Å². The third kappa shape index (κ3) is 7.15. The van der Waals surface area contributed by atoms with Gasteiger partial charge < -0.3 is 10.1 Å². The van der Waals surface area contributed by atoms with Crippen molar-refractivity contribution in [2.75, 3.05) is 5.32 Å². The van der Waals surface area contributed by atoms with Crippen molar-refractivity contribution < 1.29 is 27.0 Å². The van der Waals surface area contributed by atoms with E-state index in [1.54, 1.807) is 20.8 Å². The Bertz CT molecular complexity index is 1080. The molecule has 0 aliphatic heterocycles. The van der Waals surface area contributed by atoms with Gasteiger partial charge >= 0.3 is 6.61 Å². The number of nitro groups is 1. The van der Waals surface area contributed by atoms with Crippen LogP contribution in [0.25, 0.3) is 0 Å². The minimum Gasteiger partial charge on any atom is -0.434 e. The Morgan fingerprint density at radius 1 is 1.33 bits per heavy atom. The van der Waals surface area contributed by atoms with Crippen molar-refractivity contribution in [1.82, 2.24) is 0 Å². The highest BCUT2D eigenvalue weighted by atomic mass is 79.9. The minimum atomic E-state index is -3.15. The van der Waals surface area contributed by atoms with Gasteiger partial charge in [-0.1, -0.05) is 33.6 Å². The topological polar surface area (TPSA) is 93.8 Å². The van der Waals surface area contributed by atoms with Crippen LogP contribution in [0.15, 0.2) is 39.2 Å². The van der Waals surface area contributed by atoms with Gasteiger partial charge in [0.25, 0.3) is 5.69 Å². The predicted octanol–water partition coefficient (Wildman–Crippen LogP) is 6.83. The van der Waals surface area contributed by atoms with Gasteiger partial charge in [0.15, 0.2) is 11.5 Å². The molecule has 0 unspecified atom stereocenters. The Kier molecular flexibility index (Phi) is 9.27. The maximum Gasteiger partial charge on any atom is 0.387 e. The number of anilines is 1. The second kappa shape index (κ2) is 11.3. The lowest BCUT2D eigenvalue weighted by Crippen LogP contribution is -2.20. The van der Waals surface area contributed by atoms with Crippen LogP contribution in [0, 0.1) is 15.9 Å². The zero-order valence-electron chi connectivity index (χ0n) is 17.7. The fraction of sp³-hybridized carbons (Fsp3) is 0.350. The van der Waals surface area contributed by atoms with Crippen LogP contribution in [0.2, 0.25) is 5.02 Å². The first-order chi connectivity index (χ1) is 15.3. The number of rotatable bonds is 9. The number of benzene rings is 2. The first-order valence-corrected chi connectivity index (χ1v) is 11.7. The molecule has 0 aliphatic rings. The molecule has 2 rings (SSSR count). The second-order valence-corrected chi connectivity index (χ2v) is 10.8. The molecule has 33 heavy (non-hydrogen) atoms. The van der Waals surface area contributed by atoms with E-state index in [9.17, 15) is 27.5 Å². The summed E-state index contributed by atoms with van der Waals surface area (Å²) in [6, 6.07) is 5.26. The number of nitrogens with zero attached hydrogens (tertiary/aromatic N) is 2. The van der Waals surface area contributed by atoms with Crippen LogP contribution in [0.1, 0.15) is 38.8 Å². The molecule has 0 fully saturated rings. The van der Waals surface area contributed by atoms with E-state index in [0.29, 0.717) is 4.47 Å². The molecule has 0 radical (unpaired) electrons. The summed E-state index contributed by atoms with van der Waals surface area (Å²) in [6.07, 6.45) is 1.17. The fourth-order valence-corrected chi connectivity index (χ4v) is 4.00. The first-order valence-electron chi connectivity index (χ1n) is 9.39. The van der Waals surface area contributed by atoms with Crippen molar-refractivity contribution in [3.05, 3.63) is 61.3 Å². The third-order valence-electron chi connectivity index (χ3n) is 4.20. The van der Waals surface area contributed by atoms with Crippen molar-refractivity contribution in [2.24, 2.45) is 4.40 Å². The quantitative estimate of drug-likeness (QED) is 0.203. The number of hydrogen-bond donors (Lipinski definition) is 1. The molecule has 0 aromatic heterocycles. The summed E-state index contributed by atoms with van der Waals surface area (Å²) in [6.45, 7) is 1.98. The van der Waals surface area contributed by atoms with Gasteiger partial charge in [0.1, 0.15) is 16.7 Å². The lowest BCUT2D eigenvalue weighted by Gasteiger charge is -2.23. The molecule has 7 nitrogen and oxygen atoms in total. The van der Waals surface area contributed by atoms with E-state index < -0.39 is 50.5 Å². The SMILES string of the molecule is CC(C)(C)[S@](=O)N=CC[C@@H](Nc1c([N+](=O)[O-])ccc(Cl)c1F)c1c(Br)cccc1OC(F)F. The van der Waals surface area contributed by atoms with E-state index in [2.05, 4.69) is 30.4 Å². The van der Waals surface area contributed by atoms with Crippen LogP contribution in [0.4, 0.5) is 24.5 Å². The second-order valence-electron chi connectivity index (χ2n) is 7.62. The van der Waals surface area contributed by atoms with Crippen molar-refractivity contribution >= 4 is 56.1 Å². The van der Waals surface area contributed by atoms with Gasteiger partial charge in [0, 0.05) is 28.7 Å². The largest absolute Gasteiger partial charge is 0.434 e. The monoisotopic (exact) mass is 569 g/mol. The number of nitrogens with one attached hydrogen (secondary N) is 1. The highest BCUT2D eigenvalue weighted by Gasteiger charge is 2.27. The van der Waals surface area contributed by atoms with Crippen LogP contribution in [0.5, 0.6) is 5.75 Å². The number of hydrogen-bond acceptors (Lipinski definition) is 5. The summed E-state index contributed by atoms with van der Waals surface area (Å²) in [5, 5.41) is 13.8. The van der Waals surface area contributed by atoms with Crippen molar-refractivity contribution in [3.8, 4) is 5.75 Å². The molecule has 2 aromatic rings. The summed E-state index contributed by atoms with van der Waals surface area (Å²) in [7, 11) is -1.62. The summed E-state index contributed by atoms with van der Waals surface area (Å²) in [4.78, 5) is 10.6. The molecule has 180 valence electrons. The number of nitro benzene ring substituents is 1. The van der Waals surface area contributed by atoms with Crippen LogP contribution < -0.4 is 10.1 Å². The summed E-state index contributed by atoms with van der Waals surface area (Å²) in [5.74, 6) is -1.33. The van der Waals surface area contributed by atoms with Crippen LogP contribution in [0.3, 0.4) is 0 Å². The summed E-state index contributed by atoms with van der Waals surface area (Å²) in [5.41, 5.74) is -1.03. The van der Waals surface area contributed by atoms with E-state index >= 15 is 0 Å². The third-order valence-corrected chi connectivity index (χ3v) is 6.57. The molecular formula is C20H20BrClF3N3O4S. The first kappa shape index (κ1) is 27.1. The van der Waals surface area contributed by atoms with Gasteiger partial charge in [-0.2, -0.15) is 13.2 Å². The maximum absolute atomic E-state index is 14.8. The van der Waals surface area contributed by atoms with E-state index in [0.717, 1.165) is 12.1 Å². The molecule has 0 heterocycles.